The van der Waals surface area contributed by atoms with Crippen molar-refractivity contribution in [2.75, 3.05) is 20.1 Å². The standard InChI is InChI=1S/C26H32N4O3/c1-28-15-14-23(27-28)26(32)29(2)24(19-20-7-4-3-5-8-20)21-12-16-30(17-13-21)25(31)11-10-22-9-6-18-33-22/h3-9,14-15,18,21,24H,10-13,16-17,19H2,1-2H3. The van der Waals surface area contributed by atoms with E-state index in [1.807, 2.05) is 54.2 Å². The van der Waals surface area contributed by atoms with E-state index in [2.05, 4.69) is 17.2 Å². The number of benzene rings is 1. The number of nitrogens with zero attached hydrogens (tertiary/aromatic N) is 4. The molecule has 33 heavy (non-hydrogen) atoms. The van der Waals surface area contributed by atoms with Crippen LogP contribution in [0.25, 0.3) is 0 Å². The van der Waals surface area contributed by atoms with E-state index < -0.39 is 0 Å². The Balaban J connectivity index is 1.41. The van der Waals surface area contributed by atoms with Crippen molar-refractivity contribution >= 4 is 11.8 Å². The molecular formula is C26H32N4O3. The number of carbonyl (C=O) groups is 2. The van der Waals surface area contributed by atoms with Gasteiger partial charge in [0.2, 0.25) is 5.91 Å². The number of piperidine rings is 1. The third kappa shape index (κ3) is 5.72. The number of carbonyl (C=O) groups excluding carboxylic acids is 2. The molecule has 1 atom stereocenters. The number of aromatic nitrogens is 2. The van der Waals surface area contributed by atoms with E-state index in [9.17, 15) is 9.59 Å². The maximum Gasteiger partial charge on any atom is 0.274 e. The van der Waals surface area contributed by atoms with E-state index >= 15 is 0 Å². The summed E-state index contributed by atoms with van der Waals surface area (Å²) in [6, 6.07) is 15.9. The van der Waals surface area contributed by atoms with Gasteiger partial charge in [0.05, 0.1) is 6.26 Å². The number of amides is 2. The molecule has 4 rings (SSSR count). The molecule has 1 aliphatic rings. The molecule has 0 saturated carbocycles. The van der Waals surface area contributed by atoms with Crippen molar-refractivity contribution in [2.45, 2.75) is 38.1 Å². The SMILES string of the molecule is CN(C(=O)c1ccn(C)n1)C(Cc1ccccc1)C1CCN(C(=O)CCc2ccco2)CC1. The number of likely N-dealkylation sites (tertiary alicyclic amines) is 1. The first-order valence-electron chi connectivity index (χ1n) is 11.6. The molecule has 1 unspecified atom stereocenters. The van der Waals surface area contributed by atoms with Gasteiger partial charge in [-0.25, -0.2) is 0 Å². The summed E-state index contributed by atoms with van der Waals surface area (Å²) in [5.41, 5.74) is 1.67. The highest BCUT2D eigenvalue weighted by molar-refractivity contribution is 5.92. The van der Waals surface area contributed by atoms with Crippen LogP contribution in [-0.2, 0) is 24.7 Å². The van der Waals surface area contributed by atoms with Crippen molar-refractivity contribution < 1.29 is 14.0 Å². The lowest BCUT2D eigenvalue weighted by atomic mass is 9.84. The summed E-state index contributed by atoms with van der Waals surface area (Å²) in [5, 5.41) is 4.31. The largest absolute Gasteiger partial charge is 0.469 e. The summed E-state index contributed by atoms with van der Waals surface area (Å²) in [7, 11) is 3.70. The van der Waals surface area contributed by atoms with Gasteiger partial charge in [0.1, 0.15) is 11.5 Å². The number of hydrogen-bond acceptors (Lipinski definition) is 4. The monoisotopic (exact) mass is 448 g/mol. The van der Waals surface area contributed by atoms with Gasteiger partial charge < -0.3 is 14.2 Å². The Morgan fingerprint density at radius 3 is 2.52 bits per heavy atom. The van der Waals surface area contributed by atoms with Crippen LogP contribution in [0.4, 0.5) is 0 Å². The number of aryl methyl sites for hydroxylation is 2. The van der Waals surface area contributed by atoms with E-state index in [-0.39, 0.29) is 17.9 Å². The molecule has 1 aromatic carbocycles. The number of likely N-dealkylation sites (N-methyl/N-ethyl adjacent to an activating group) is 1. The van der Waals surface area contributed by atoms with E-state index in [0.717, 1.165) is 38.1 Å². The molecule has 2 amide bonds. The van der Waals surface area contributed by atoms with Gasteiger partial charge in [0, 0.05) is 52.3 Å². The Hall–Kier alpha value is -3.35. The van der Waals surface area contributed by atoms with Crippen LogP contribution in [0, 0.1) is 5.92 Å². The van der Waals surface area contributed by atoms with Crippen molar-refractivity contribution in [1.29, 1.82) is 0 Å². The van der Waals surface area contributed by atoms with Crippen LogP contribution in [-0.4, -0.2) is 57.6 Å². The van der Waals surface area contributed by atoms with Gasteiger partial charge in [-0.1, -0.05) is 30.3 Å². The molecule has 7 heteroatoms. The first-order chi connectivity index (χ1) is 16.0. The molecule has 0 bridgehead atoms. The second-order valence-corrected chi connectivity index (χ2v) is 8.85. The molecule has 174 valence electrons. The zero-order valence-corrected chi connectivity index (χ0v) is 19.4. The Kier molecular flexibility index (Phi) is 7.27. The van der Waals surface area contributed by atoms with Gasteiger partial charge in [-0.2, -0.15) is 5.10 Å². The minimum atomic E-state index is -0.0616. The third-order valence-electron chi connectivity index (χ3n) is 6.64. The summed E-state index contributed by atoms with van der Waals surface area (Å²) < 4.78 is 7.00. The van der Waals surface area contributed by atoms with Crippen molar-refractivity contribution in [2.24, 2.45) is 13.0 Å². The van der Waals surface area contributed by atoms with Crippen LogP contribution in [0.15, 0.2) is 65.4 Å². The molecule has 1 aliphatic heterocycles. The van der Waals surface area contributed by atoms with Crippen LogP contribution < -0.4 is 0 Å². The minimum Gasteiger partial charge on any atom is -0.469 e. The van der Waals surface area contributed by atoms with Crippen molar-refractivity contribution in [3.05, 3.63) is 78.0 Å². The van der Waals surface area contributed by atoms with E-state index in [4.69, 9.17) is 4.42 Å². The van der Waals surface area contributed by atoms with Crippen LogP contribution in [0.1, 0.15) is 41.1 Å². The fraction of sp³-hybridized carbons (Fsp3) is 0.423. The molecule has 1 saturated heterocycles. The van der Waals surface area contributed by atoms with Crippen LogP contribution in [0.5, 0.6) is 0 Å². The zero-order valence-electron chi connectivity index (χ0n) is 19.4. The fourth-order valence-corrected chi connectivity index (χ4v) is 4.71. The molecular weight excluding hydrogens is 416 g/mol. The predicted octanol–water partition coefficient (Wildman–Crippen LogP) is 3.57. The van der Waals surface area contributed by atoms with Gasteiger partial charge in [0.15, 0.2) is 0 Å². The number of hydrogen-bond donors (Lipinski definition) is 0. The topological polar surface area (TPSA) is 71.6 Å². The Bertz CT molecular complexity index is 1040. The summed E-state index contributed by atoms with van der Waals surface area (Å²) >= 11 is 0. The normalized spacial score (nSPS) is 15.4. The van der Waals surface area contributed by atoms with E-state index in [1.165, 1.54) is 5.56 Å². The molecule has 3 heterocycles. The Morgan fingerprint density at radius 1 is 1.12 bits per heavy atom. The van der Waals surface area contributed by atoms with Crippen molar-refractivity contribution in [3.63, 3.8) is 0 Å². The molecule has 3 aromatic rings. The van der Waals surface area contributed by atoms with Gasteiger partial charge in [-0.15, -0.1) is 0 Å². The van der Waals surface area contributed by atoms with Crippen molar-refractivity contribution in [1.82, 2.24) is 19.6 Å². The van der Waals surface area contributed by atoms with E-state index in [0.29, 0.717) is 24.5 Å². The van der Waals surface area contributed by atoms with Crippen LogP contribution in [0.3, 0.4) is 0 Å². The first-order valence-corrected chi connectivity index (χ1v) is 11.6. The van der Waals surface area contributed by atoms with Crippen LogP contribution in [0.2, 0.25) is 0 Å². The Morgan fingerprint density at radius 2 is 1.88 bits per heavy atom. The number of furan rings is 1. The first kappa shape index (κ1) is 22.8. The second-order valence-electron chi connectivity index (χ2n) is 8.85. The zero-order chi connectivity index (χ0) is 23.2. The van der Waals surface area contributed by atoms with Gasteiger partial charge in [-0.3, -0.25) is 14.3 Å². The van der Waals surface area contributed by atoms with Gasteiger partial charge >= 0.3 is 0 Å². The molecule has 0 aliphatic carbocycles. The summed E-state index contributed by atoms with van der Waals surface area (Å²) in [4.78, 5) is 29.7. The molecule has 1 fully saturated rings. The summed E-state index contributed by atoms with van der Waals surface area (Å²) in [6.45, 7) is 1.44. The van der Waals surface area contributed by atoms with Gasteiger partial charge in [-0.05, 0) is 48.9 Å². The molecule has 0 N–H and O–H groups in total. The van der Waals surface area contributed by atoms with E-state index in [1.54, 1.807) is 23.2 Å². The molecule has 2 aromatic heterocycles. The highest BCUT2D eigenvalue weighted by Crippen LogP contribution is 2.27. The lowest BCUT2D eigenvalue weighted by Crippen LogP contribution is -2.48. The predicted molar refractivity (Wildman–Crippen MR) is 126 cm³/mol. The lowest BCUT2D eigenvalue weighted by Gasteiger charge is -2.40. The fourth-order valence-electron chi connectivity index (χ4n) is 4.71. The second kappa shape index (κ2) is 10.5. The quantitative estimate of drug-likeness (QED) is 0.528. The molecule has 7 nitrogen and oxygen atoms in total. The van der Waals surface area contributed by atoms with Crippen molar-refractivity contribution in [3.8, 4) is 0 Å². The molecule has 0 spiro atoms. The minimum absolute atomic E-state index is 0.0438. The average Bonchev–Trinajstić information content (AvgIpc) is 3.53. The van der Waals surface area contributed by atoms with Gasteiger partial charge in [0.25, 0.3) is 5.91 Å². The number of rotatable bonds is 8. The highest BCUT2D eigenvalue weighted by Gasteiger charge is 2.33. The summed E-state index contributed by atoms with van der Waals surface area (Å²) in [5.74, 6) is 1.27. The average molecular weight is 449 g/mol. The summed E-state index contributed by atoms with van der Waals surface area (Å²) in [6.07, 6.45) is 7.06. The maximum absolute atomic E-state index is 13.2. The lowest BCUT2D eigenvalue weighted by molar-refractivity contribution is -0.132. The highest BCUT2D eigenvalue weighted by atomic mass is 16.3. The van der Waals surface area contributed by atoms with Crippen LogP contribution >= 0.6 is 0 Å². The third-order valence-corrected chi connectivity index (χ3v) is 6.64. The Labute approximate surface area is 195 Å². The molecule has 0 radical (unpaired) electrons. The maximum atomic E-state index is 13.2. The smallest absolute Gasteiger partial charge is 0.274 e.